The molecule has 10 heavy (non-hydrogen) atoms. The van der Waals surface area contributed by atoms with Gasteiger partial charge in [0.2, 0.25) is 0 Å². The van der Waals surface area contributed by atoms with E-state index in [1.165, 1.54) is 19.3 Å². The van der Waals surface area contributed by atoms with Crippen LogP contribution in [0.15, 0.2) is 0 Å². The SMILES string of the molecule is CCCCCOCNCC. The molecular formula is C8H19NO. The quantitative estimate of drug-likeness (QED) is 0.435. The number of unbranched alkanes of at least 4 members (excludes halogenated alkanes) is 2. The summed E-state index contributed by atoms with van der Waals surface area (Å²) in [6.45, 7) is 6.88. The predicted molar refractivity (Wildman–Crippen MR) is 44.0 cm³/mol. The summed E-state index contributed by atoms with van der Waals surface area (Å²) >= 11 is 0. The van der Waals surface area contributed by atoms with Crippen LogP contribution in [0.25, 0.3) is 0 Å². The Morgan fingerprint density at radius 2 is 2.00 bits per heavy atom. The fourth-order valence-electron chi connectivity index (χ4n) is 0.701. The summed E-state index contributed by atoms with van der Waals surface area (Å²) in [7, 11) is 0. The monoisotopic (exact) mass is 145 g/mol. The lowest BCUT2D eigenvalue weighted by molar-refractivity contribution is 0.114. The van der Waals surface area contributed by atoms with E-state index in [0.29, 0.717) is 6.73 Å². The highest BCUT2D eigenvalue weighted by Gasteiger charge is 1.85. The third kappa shape index (κ3) is 7.92. The van der Waals surface area contributed by atoms with E-state index < -0.39 is 0 Å². The molecule has 0 aliphatic rings. The molecule has 0 aromatic rings. The second-order valence-corrected chi connectivity index (χ2v) is 2.36. The molecule has 0 saturated heterocycles. The van der Waals surface area contributed by atoms with Gasteiger partial charge >= 0.3 is 0 Å². The van der Waals surface area contributed by atoms with Gasteiger partial charge in [0.25, 0.3) is 0 Å². The summed E-state index contributed by atoms with van der Waals surface area (Å²) in [5.74, 6) is 0. The van der Waals surface area contributed by atoms with E-state index >= 15 is 0 Å². The molecule has 0 fully saturated rings. The number of hydrogen-bond donors (Lipinski definition) is 1. The first-order chi connectivity index (χ1) is 4.91. The topological polar surface area (TPSA) is 21.3 Å². The first-order valence-corrected chi connectivity index (χ1v) is 4.20. The average molecular weight is 145 g/mol. The fraction of sp³-hybridized carbons (Fsp3) is 1.00. The largest absolute Gasteiger partial charge is 0.366 e. The molecule has 0 radical (unpaired) electrons. The Morgan fingerprint density at radius 3 is 2.60 bits per heavy atom. The summed E-state index contributed by atoms with van der Waals surface area (Å²) in [4.78, 5) is 0. The lowest BCUT2D eigenvalue weighted by Gasteiger charge is -2.02. The molecule has 0 aromatic heterocycles. The van der Waals surface area contributed by atoms with Crippen molar-refractivity contribution in [2.75, 3.05) is 19.9 Å². The molecule has 1 N–H and O–H groups in total. The van der Waals surface area contributed by atoms with Gasteiger partial charge in [0.1, 0.15) is 0 Å². The van der Waals surface area contributed by atoms with E-state index in [4.69, 9.17) is 4.74 Å². The molecule has 0 amide bonds. The van der Waals surface area contributed by atoms with Crippen LogP contribution in [0.5, 0.6) is 0 Å². The van der Waals surface area contributed by atoms with Crippen LogP contribution < -0.4 is 5.32 Å². The molecule has 62 valence electrons. The van der Waals surface area contributed by atoms with Crippen LogP contribution in [0.3, 0.4) is 0 Å². The van der Waals surface area contributed by atoms with E-state index in [-0.39, 0.29) is 0 Å². The standard InChI is InChI=1S/C8H19NO/c1-3-5-6-7-10-8-9-4-2/h9H,3-8H2,1-2H3. The minimum atomic E-state index is 0.709. The molecule has 0 spiro atoms. The summed E-state index contributed by atoms with van der Waals surface area (Å²) in [6.07, 6.45) is 3.75. The molecule has 0 aromatic carbocycles. The van der Waals surface area contributed by atoms with Gasteiger partial charge < -0.3 is 4.74 Å². The lowest BCUT2D eigenvalue weighted by atomic mass is 10.3. The van der Waals surface area contributed by atoms with Crippen molar-refractivity contribution in [1.82, 2.24) is 5.32 Å². The van der Waals surface area contributed by atoms with Gasteiger partial charge in [0.05, 0.1) is 6.73 Å². The van der Waals surface area contributed by atoms with Crippen LogP contribution in [0.4, 0.5) is 0 Å². The maximum absolute atomic E-state index is 5.26. The molecule has 2 heteroatoms. The number of hydrogen-bond acceptors (Lipinski definition) is 2. The van der Waals surface area contributed by atoms with Gasteiger partial charge in [-0.15, -0.1) is 0 Å². The molecule has 0 rings (SSSR count). The van der Waals surface area contributed by atoms with Gasteiger partial charge in [0.15, 0.2) is 0 Å². The van der Waals surface area contributed by atoms with Crippen LogP contribution in [0, 0.1) is 0 Å². The van der Waals surface area contributed by atoms with Crippen molar-refractivity contribution < 1.29 is 4.74 Å². The first kappa shape index (κ1) is 9.92. The zero-order chi connectivity index (χ0) is 7.66. The van der Waals surface area contributed by atoms with Crippen molar-refractivity contribution in [2.24, 2.45) is 0 Å². The summed E-state index contributed by atoms with van der Waals surface area (Å²) in [5, 5.41) is 3.10. The zero-order valence-electron chi connectivity index (χ0n) is 7.15. The molecule has 0 bridgehead atoms. The second-order valence-electron chi connectivity index (χ2n) is 2.36. The summed E-state index contributed by atoms with van der Waals surface area (Å²) in [5.41, 5.74) is 0. The van der Waals surface area contributed by atoms with Crippen molar-refractivity contribution in [2.45, 2.75) is 33.1 Å². The Balaban J connectivity index is 2.65. The van der Waals surface area contributed by atoms with Gasteiger partial charge in [-0.05, 0) is 13.0 Å². The molecule has 0 heterocycles. The van der Waals surface area contributed by atoms with Crippen LogP contribution in [0.2, 0.25) is 0 Å². The van der Waals surface area contributed by atoms with Crippen molar-refractivity contribution in [3.05, 3.63) is 0 Å². The second kappa shape index (κ2) is 8.92. The van der Waals surface area contributed by atoms with Crippen LogP contribution in [-0.2, 0) is 4.74 Å². The normalized spacial score (nSPS) is 10.2. The Bertz CT molecular complexity index is 49.2. The maximum Gasteiger partial charge on any atom is 0.0965 e. The molecule has 0 saturated carbocycles. The van der Waals surface area contributed by atoms with E-state index in [1.807, 2.05) is 0 Å². The van der Waals surface area contributed by atoms with Gasteiger partial charge in [0, 0.05) is 6.61 Å². The highest BCUT2D eigenvalue weighted by atomic mass is 16.5. The van der Waals surface area contributed by atoms with Crippen LogP contribution >= 0.6 is 0 Å². The van der Waals surface area contributed by atoms with Crippen molar-refractivity contribution >= 4 is 0 Å². The Hall–Kier alpha value is -0.0800. The van der Waals surface area contributed by atoms with E-state index in [9.17, 15) is 0 Å². The predicted octanol–water partition coefficient (Wildman–Crippen LogP) is 1.76. The van der Waals surface area contributed by atoms with E-state index in [2.05, 4.69) is 19.2 Å². The third-order valence-electron chi connectivity index (χ3n) is 1.35. The molecule has 0 unspecified atom stereocenters. The zero-order valence-corrected chi connectivity index (χ0v) is 7.15. The third-order valence-corrected chi connectivity index (χ3v) is 1.35. The van der Waals surface area contributed by atoms with Gasteiger partial charge in [-0.2, -0.15) is 0 Å². The van der Waals surface area contributed by atoms with Gasteiger partial charge in [-0.1, -0.05) is 26.7 Å². The number of rotatable bonds is 7. The lowest BCUT2D eigenvalue weighted by Crippen LogP contribution is -2.17. The highest BCUT2D eigenvalue weighted by Crippen LogP contribution is 1.92. The molecule has 2 nitrogen and oxygen atoms in total. The minimum Gasteiger partial charge on any atom is -0.366 e. The fourth-order valence-corrected chi connectivity index (χ4v) is 0.701. The van der Waals surface area contributed by atoms with Crippen molar-refractivity contribution in [3.63, 3.8) is 0 Å². The number of nitrogens with one attached hydrogen (secondary N) is 1. The van der Waals surface area contributed by atoms with Gasteiger partial charge in [-0.25, -0.2) is 0 Å². The molecular weight excluding hydrogens is 126 g/mol. The van der Waals surface area contributed by atoms with Gasteiger partial charge in [-0.3, -0.25) is 5.32 Å². The van der Waals surface area contributed by atoms with Crippen LogP contribution in [0.1, 0.15) is 33.1 Å². The molecule has 0 aliphatic carbocycles. The number of ether oxygens (including phenoxy) is 1. The summed E-state index contributed by atoms with van der Waals surface area (Å²) < 4.78 is 5.26. The Morgan fingerprint density at radius 1 is 1.20 bits per heavy atom. The highest BCUT2D eigenvalue weighted by molar-refractivity contribution is 4.35. The van der Waals surface area contributed by atoms with Crippen molar-refractivity contribution in [3.8, 4) is 0 Å². The van der Waals surface area contributed by atoms with E-state index in [0.717, 1.165) is 13.2 Å². The Kier molecular flexibility index (Phi) is 8.85. The summed E-state index contributed by atoms with van der Waals surface area (Å²) in [6, 6.07) is 0. The first-order valence-electron chi connectivity index (χ1n) is 4.20. The van der Waals surface area contributed by atoms with E-state index in [1.54, 1.807) is 0 Å². The minimum absolute atomic E-state index is 0.709. The van der Waals surface area contributed by atoms with Crippen LogP contribution in [-0.4, -0.2) is 19.9 Å². The molecule has 0 atom stereocenters. The smallest absolute Gasteiger partial charge is 0.0965 e. The molecule has 0 aliphatic heterocycles. The maximum atomic E-state index is 5.26. The Labute approximate surface area is 64.0 Å². The average Bonchev–Trinajstić information content (AvgIpc) is 1.97. The van der Waals surface area contributed by atoms with Crippen molar-refractivity contribution in [1.29, 1.82) is 0 Å².